The maximum Gasteiger partial charge on any atom is 0.223 e. The second-order valence-corrected chi connectivity index (χ2v) is 8.83. The van der Waals surface area contributed by atoms with Crippen molar-refractivity contribution in [2.75, 3.05) is 32.9 Å². The molecule has 2 atom stereocenters. The number of aliphatic hydroxyl groups is 1. The van der Waals surface area contributed by atoms with E-state index in [0.717, 1.165) is 21.3 Å². The van der Waals surface area contributed by atoms with Gasteiger partial charge in [-0.2, -0.15) is 5.10 Å². The molecule has 1 fully saturated rings. The van der Waals surface area contributed by atoms with Crippen molar-refractivity contribution in [2.45, 2.75) is 32.8 Å². The van der Waals surface area contributed by atoms with E-state index in [2.05, 4.69) is 10.2 Å². The molecule has 8 nitrogen and oxygen atoms in total. The molecule has 1 aromatic heterocycles. The van der Waals surface area contributed by atoms with Crippen LogP contribution in [0.5, 0.6) is 0 Å². The zero-order valence-electron chi connectivity index (χ0n) is 14.6. The molecule has 2 rings (SSSR count). The molecule has 136 valence electrons. The molecule has 1 aliphatic rings. The van der Waals surface area contributed by atoms with E-state index in [4.69, 9.17) is 0 Å². The zero-order chi connectivity index (χ0) is 18.1. The average Bonchev–Trinajstić information content (AvgIpc) is 3.01. The van der Waals surface area contributed by atoms with Gasteiger partial charge in [0.2, 0.25) is 15.9 Å². The SMILES string of the molecule is Cc1[nH]nc(CCC(=O)N2C[C@@H](CS(=O)(=O)N(C)C)[C@H](O)C2)c1C. The Morgan fingerprint density at radius 3 is 2.58 bits per heavy atom. The van der Waals surface area contributed by atoms with Crippen molar-refractivity contribution in [3.05, 3.63) is 17.0 Å². The van der Waals surface area contributed by atoms with Crippen LogP contribution >= 0.6 is 0 Å². The summed E-state index contributed by atoms with van der Waals surface area (Å²) in [6.45, 7) is 4.34. The summed E-state index contributed by atoms with van der Waals surface area (Å²) in [5.74, 6) is -0.683. The van der Waals surface area contributed by atoms with E-state index in [-0.39, 0.29) is 24.7 Å². The number of aliphatic hydroxyl groups excluding tert-OH is 1. The van der Waals surface area contributed by atoms with Crippen LogP contribution in [-0.2, 0) is 21.2 Å². The highest BCUT2D eigenvalue weighted by Crippen LogP contribution is 2.21. The molecule has 0 bridgehead atoms. The van der Waals surface area contributed by atoms with Crippen LogP contribution in [-0.4, -0.2) is 77.9 Å². The number of aryl methyl sites for hydroxylation is 2. The van der Waals surface area contributed by atoms with Gasteiger partial charge in [-0.25, -0.2) is 12.7 Å². The van der Waals surface area contributed by atoms with Crippen LogP contribution in [0.25, 0.3) is 0 Å². The van der Waals surface area contributed by atoms with Gasteiger partial charge in [-0.15, -0.1) is 0 Å². The number of aromatic nitrogens is 2. The number of H-pyrrole nitrogens is 1. The highest BCUT2D eigenvalue weighted by molar-refractivity contribution is 7.89. The van der Waals surface area contributed by atoms with E-state index in [0.29, 0.717) is 12.8 Å². The molecule has 1 aromatic rings. The number of amides is 1. The maximum absolute atomic E-state index is 12.3. The van der Waals surface area contributed by atoms with Crippen LogP contribution in [0.3, 0.4) is 0 Å². The second kappa shape index (κ2) is 7.20. The van der Waals surface area contributed by atoms with Gasteiger partial charge in [0.25, 0.3) is 0 Å². The number of nitrogens with zero attached hydrogens (tertiary/aromatic N) is 3. The number of rotatable bonds is 6. The summed E-state index contributed by atoms with van der Waals surface area (Å²) in [5, 5.41) is 17.2. The molecular formula is C15H26N4O4S. The molecule has 1 amide bonds. The van der Waals surface area contributed by atoms with Gasteiger partial charge in [0.15, 0.2) is 0 Å². The number of β-amino-alcohol motifs (C(OH)–C–C–N with tert-alkyl or cyclic N) is 1. The lowest BCUT2D eigenvalue weighted by Gasteiger charge is -2.18. The van der Waals surface area contributed by atoms with Crippen molar-refractivity contribution in [2.24, 2.45) is 5.92 Å². The molecule has 0 saturated carbocycles. The third kappa shape index (κ3) is 4.14. The van der Waals surface area contributed by atoms with E-state index < -0.39 is 22.0 Å². The summed E-state index contributed by atoms with van der Waals surface area (Å²) < 4.78 is 25.1. The Balaban J connectivity index is 1.91. The largest absolute Gasteiger partial charge is 0.391 e. The molecule has 1 saturated heterocycles. The quantitative estimate of drug-likeness (QED) is 0.724. The molecule has 9 heteroatoms. The lowest BCUT2D eigenvalue weighted by Crippen LogP contribution is -2.33. The summed E-state index contributed by atoms with van der Waals surface area (Å²) >= 11 is 0. The fraction of sp³-hybridized carbons (Fsp3) is 0.733. The number of carbonyl (C=O) groups is 1. The summed E-state index contributed by atoms with van der Waals surface area (Å²) in [7, 11) is -0.468. The Hall–Kier alpha value is -1.45. The molecule has 24 heavy (non-hydrogen) atoms. The van der Waals surface area contributed by atoms with E-state index in [1.807, 2.05) is 13.8 Å². The predicted molar refractivity (Wildman–Crippen MR) is 89.9 cm³/mol. The third-order valence-corrected chi connectivity index (χ3v) is 6.63. The van der Waals surface area contributed by atoms with Crippen LogP contribution in [0.1, 0.15) is 23.4 Å². The van der Waals surface area contributed by atoms with Gasteiger partial charge < -0.3 is 10.0 Å². The Bertz CT molecular complexity index is 698. The Labute approximate surface area is 142 Å². The normalized spacial score (nSPS) is 21.7. The summed E-state index contributed by atoms with van der Waals surface area (Å²) in [6.07, 6.45) is 0.0193. The highest BCUT2D eigenvalue weighted by atomic mass is 32.2. The minimum absolute atomic E-state index is 0.0844. The van der Waals surface area contributed by atoms with E-state index in [1.165, 1.54) is 14.1 Å². The number of likely N-dealkylation sites (tertiary alicyclic amines) is 1. The third-order valence-electron chi connectivity index (χ3n) is 4.67. The first-order valence-corrected chi connectivity index (χ1v) is 9.59. The monoisotopic (exact) mass is 358 g/mol. The van der Waals surface area contributed by atoms with Gasteiger partial charge in [0.05, 0.1) is 17.6 Å². The molecule has 1 aliphatic heterocycles. The van der Waals surface area contributed by atoms with Crippen LogP contribution in [0.4, 0.5) is 0 Å². The smallest absolute Gasteiger partial charge is 0.223 e. The first kappa shape index (κ1) is 18.9. The van der Waals surface area contributed by atoms with Gasteiger partial charge in [-0.05, 0) is 19.4 Å². The number of aromatic amines is 1. The van der Waals surface area contributed by atoms with E-state index >= 15 is 0 Å². The van der Waals surface area contributed by atoms with Crippen molar-refractivity contribution in [1.29, 1.82) is 0 Å². The predicted octanol–water partition coefficient (Wildman–Crippen LogP) is -0.330. The van der Waals surface area contributed by atoms with Crippen molar-refractivity contribution < 1.29 is 18.3 Å². The number of hydrogen-bond acceptors (Lipinski definition) is 5. The first-order valence-electron chi connectivity index (χ1n) is 7.98. The fourth-order valence-corrected chi connectivity index (χ4v) is 3.97. The second-order valence-electron chi connectivity index (χ2n) is 6.61. The Kier molecular flexibility index (Phi) is 5.67. The van der Waals surface area contributed by atoms with Gasteiger partial charge in [0, 0.05) is 51.6 Å². The lowest BCUT2D eigenvalue weighted by molar-refractivity contribution is -0.130. The minimum atomic E-state index is -3.40. The van der Waals surface area contributed by atoms with Gasteiger partial charge in [0.1, 0.15) is 0 Å². The topological polar surface area (TPSA) is 107 Å². The summed E-state index contributed by atoms with van der Waals surface area (Å²) in [4.78, 5) is 13.9. The molecule has 0 radical (unpaired) electrons. The van der Waals surface area contributed by atoms with Crippen molar-refractivity contribution in [3.63, 3.8) is 0 Å². The van der Waals surface area contributed by atoms with Crippen LogP contribution in [0.2, 0.25) is 0 Å². The van der Waals surface area contributed by atoms with Crippen molar-refractivity contribution in [1.82, 2.24) is 19.4 Å². The Morgan fingerprint density at radius 2 is 2.04 bits per heavy atom. The number of hydrogen-bond donors (Lipinski definition) is 2. The molecule has 0 spiro atoms. The molecule has 0 aromatic carbocycles. The van der Waals surface area contributed by atoms with E-state index in [9.17, 15) is 18.3 Å². The first-order chi connectivity index (χ1) is 11.1. The number of sulfonamides is 1. The minimum Gasteiger partial charge on any atom is -0.391 e. The fourth-order valence-electron chi connectivity index (χ4n) is 2.80. The lowest BCUT2D eigenvalue weighted by atomic mass is 10.1. The van der Waals surface area contributed by atoms with Gasteiger partial charge >= 0.3 is 0 Å². The average molecular weight is 358 g/mol. The van der Waals surface area contributed by atoms with Crippen molar-refractivity contribution >= 4 is 15.9 Å². The summed E-state index contributed by atoms with van der Waals surface area (Å²) in [6, 6.07) is 0. The number of carbonyl (C=O) groups excluding carboxylic acids is 1. The summed E-state index contributed by atoms with van der Waals surface area (Å²) in [5.41, 5.74) is 2.91. The molecule has 0 unspecified atom stereocenters. The maximum atomic E-state index is 12.3. The van der Waals surface area contributed by atoms with Crippen LogP contribution < -0.4 is 0 Å². The number of nitrogens with one attached hydrogen (secondary N) is 1. The standard InChI is InChI=1S/C15H26N4O4S/c1-10-11(2)16-17-13(10)5-6-15(21)19-7-12(14(20)8-19)9-24(22,23)18(3)4/h12,14,20H,5-9H2,1-4H3,(H,16,17)/t12-,14+/m0/s1. The molecule has 2 heterocycles. The highest BCUT2D eigenvalue weighted by Gasteiger charge is 2.37. The van der Waals surface area contributed by atoms with Gasteiger partial charge in [-0.3, -0.25) is 9.89 Å². The van der Waals surface area contributed by atoms with Crippen LogP contribution in [0.15, 0.2) is 0 Å². The molecule has 0 aliphatic carbocycles. The molecule has 2 N–H and O–H groups in total. The molecular weight excluding hydrogens is 332 g/mol. The zero-order valence-corrected chi connectivity index (χ0v) is 15.4. The van der Waals surface area contributed by atoms with Crippen LogP contribution in [0, 0.1) is 19.8 Å². The van der Waals surface area contributed by atoms with Gasteiger partial charge in [-0.1, -0.05) is 0 Å². The van der Waals surface area contributed by atoms with E-state index in [1.54, 1.807) is 4.90 Å². The Morgan fingerprint density at radius 1 is 1.38 bits per heavy atom. The van der Waals surface area contributed by atoms with Crippen molar-refractivity contribution in [3.8, 4) is 0 Å².